The van der Waals surface area contributed by atoms with Crippen molar-refractivity contribution in [1.82, 2.24) is 9.55 Å². The summed E-state index contributed by atoms with van der Waals surface area (Å²) >= 11 is 0. The molecule has 0 aliphatic rings. The van der Waals surface area contributed by atoms with Crippen LogP contribution in [0.5, 0.6) is 0 Å². The van der Waals surface area contributed by atoms with E-state index in [0.29, 0.717) is 6.54 Å². The van der Waals surface area contributed by atoms with Crippen LogP contribution in [0.2, 0.25) is 0 Å². The van der Waals surface area contributed by atoms with E-state index in [4.69, 9.17) is 0 Å². The van der Waals surface area contributed by atoms with Crippen molar-refractivity contribution in [3.63, 3.8) is 0 Å². The number of rotatable bonds is 2. The van der Waals surface area contributed by atoms with E-state index >= 15 is 0 Å². The lowest BCUT2D eigenvalue weighted by Crippen LogP contribution is -2.07. The van der Waals surface area contributed by atoms with Gasteiger partial charge in [0.2, 0.25) is 0 Å². The van der Waals surface area contributed by atoms with E-state index in [-0.39, 0.29) is 5.56 Å². The second-order valence-corrected chi connectivity index (χ2v) is 1.88. The Hall–Kier alpha value is -1.38. The molecule has 0 spiro atoms. The molecule has 3 heteroatoms. The summed E-state index contributed by atoms with van der Waals surface area (Å²) in [5.41, 5.74) is -0.208. The van der Waals surface area contributed by atoms with Gasteiger partial charge in [-0.3, -0.25) is 4.79 Å². The molecule has 0 saturated heterocycles. The average molecular weight is 136 g/mol. The van der Waals surface area contributed by atoms with Crippen molar-refractivity contribution in [2.24, 2.45) is 0 Å². The molecule has 0 unspecified atom stereocenters. The van der Waals surface area contributed by atoms with Crippen LogP contribution in [0.25, 0.3) is 0 Å². The summed E-state index contributed by atoms with van der Waals surface area (Å²) in [6.07, 6.45) is 4.91. The van der Waals surface area contributed by atoms with Gasteiger partial charge in [0.05, 0.1) is 6.33 Å². The van der Waals surface area contributed by atoms with Gasteiger partial charge < -0.3 is 4.57 Å². The first kappa shape index (κ1) is 6.74. The molecule has 1 aromatic rings. The zero-order chi connectivity index (χ0) is 7.40. The highest BCUT2D eigenvalue weighted by molar-refractivity contribution is 4.83. The first-order valence-corrected chi connectivity index (χ1v) is 2.96. The van der Waals surface area contributed by atoms with Crippen LogP contribution in [0.15, 0.2) is 36.0 Å². The largest absolute Gasteiger partial charge is 0.335 e. The predicted octanol–water partition coefficient (Wildman–Crippen LogP) is 0.429. The van der Waals surface area contributed by atoms with Crippen LogP contribution in [0.3, 0.4) is 0 Å². The van der Waals surface area contributed by atoms with Crippen molar-refractivity contribution in [2.75, 3.05) is 0 Å². The Morgan fingerprint density at radius 3 is 3.10 bits per heavy atom. The van der Waals surface area contributed by atoms with E-state index in [2.05, 4.69) is 11.6 Å². The molecule has 0 saturated carbocycles. The molecule has 0 atom stereocenters. The Balaban J connectivity index is 2.89. The lowest BCUT2D eigenvalue weighted by Gasteiger charge is -1.97. The zero-order valence-corrected chi connectivity index (χ0v) is 5.53. The lowest BCUT2D eigenvalue weighted by atomic mass is 10.6. The normalized spacial score (nSPS) is 9.20. The minimum absolute atomic E-state index is 0.208. The molecule has 0 aliphatic heterocycles. The van der Waals surface area contributed by atoms with Crippen LogP contribution in [-0.2, 0) is 6.54 Å². The Labute approximate surface area is 58.6 Å². The fraction of sp³-hybridized carbons (Fsp3) is 0.143. The van der Waals surface area contributed by atoms with E-state index in [0.717, 1.165) is 0 Å². The van der Waals surface area contributed by atoms with Crippen molar-refractivity contribution < 1.29 is 0 Å². The molecule has 0 N–H and O–H groups in total. The summed E-state index contributed by atoms with van der Waals surface area (Å²) in [4.78, 5) is 14.0. The van der Waals surface area contributed by atoms with E-state index in [1.54, 1.807) is 16.8 Å². The van der Waals surface area contributed by atoms with Crippen molar-refractivity contribution >= 4 is 0 Å². The molecule has 0 bridgehead atoms. The van der Waals surface area contributed by atoms with Crippen LogP contribution >= 0.6 is 0 Å². The van der Waals surface area contributed by atoms with Crippen LogP contribution in [-0.4, -0.2) is 9.55 Å². The van der Waals surface area contributed by atoms with Crippen LogP contribution in [0, 0.1) is 0 Å². The third-order valence-corrected chi connectivity index (χ3v) is 1.08. The monoisotopic (exact) mass is 136 g/mol. The minimum Gasteiger partial charge on any atom is -0.335 e. The number of allylic oxidation sites excluding steroid dienone is 1. The van der Waals surface area contributed by atoms with Gasteiger partial charge in [0, 0.05) is 18.8 Å². The molecule has 1 aromatic heterocycles. The second kappa shape index (κ2) is 2.96. The third kappa shape index (κ3) is 1.55. The van der Waals surface area contributed by atoms with Gasteiger partial charge in [-0.2, -0.15) is 4.98 Å². The minimum atomic E-state index is -0.208. The van der Waals surface area contributed by atoms with Crippen LogP contribution < -0.4 is 5.56 Å². The molecule has 1 heterocycles. The topological polar surface area (TPSA) is 34.9 Å². The predicted molar refractivity (Wildman–Crippen MR) is 38.7 cm³/mol. The van der Waals surface area contributed by atoms with Gasteiger partial charge in [-0.05, 0) is 0 Å². The first-order valence-electron chi connectivity index (χ1n) is 2.96. The van der Waals surface area contributed by atoms with E-state index in [1.165, 1.54) is 12.4 Å². The molecular formula is C7H8N2O. The van der Waals surface area contributed by atoms with Gasteiger partial charge in [-0.1, -0.05) is 6.08 Å². The molecule has 52 valence electrons. The molecule has 3 nitrogen and oxygen atoms in total. The second-order valence-electron chi connectivity index (χ2n) is 1.88. The molecule has 0 aromatic carbocycles. The fourth-order valence-corrected chi connectivity index (χ4v) is 0.629. The maximum absolute atomic E-state index is 10.5. The Morgan fingerprint density at radius 1 is 1.80 bits per heavy atom. The highest BCUT2D eigenvalue weighted by atomic mass is 16.1. The van der Waals surface area contributed by atoms with Gasteiger partial charge in [0.25, 0.3) is 5.56 Å². The number of hydrogen-bond acceptors (Lipinski definition) is 2. The van der Waals surface area contributed by atoms with Crippen molar-refractivity contribution in [3.05, 3.63) is 41.6 Å². The first-order chi connectivity index (χ1) is 4.83. The number of hydrogen-bond donors (Lipinski definition) is 0. The van der Waals surface area contributed by atoms with Crippen molar-refractivity contribution in [2.45, 2.75) is 6.54 Å². The maximum atomic E-state index is 10.5. The summed E-state index contributed by atoms with van der Waals surface area (Å²) in [5.74, 6) is 0. The van der Waals surface area contributed by atoms with Crippen molar-refractivity contribution in [3.8, 4) is 0 Å². The highest BCUT2D eigenvalue weighted by Crippen LogP contribution is 1.80. The molecule has 0 amide bonds. The quantitative estimate of drug-likeness (QED) is 0.552. The van der Waals surface area contributed by atoms with Gasteiger partial charge in [-0.25, -0.2) is 0 Å². The van der Waals surface area contributed by atoms with Gasteiger partial charge in [-0.15, -0.1) is 6.58 Å². The van der Waals surface area contributed by atoms with Gasteiger partial charge in [0.1, 0.15) is 0 Å². The SMILES string of the molecule is C=CCn1ccc(=O)nc1. The summed E-state index contributed by atoms with van der Waals surface area (Å²) in [7, 11) is 0. The zero-order valence-electron chi connectivity index (χ0n) is 5.53. The fourth-order valence-electron chi connectivity index (χ4n) is 0.629. The van der Waals surface area contributed by atoms with Gasteiger partial charge in [0.15, 0.2) is 0 Å². The number of aromatic nitrogens is 2. The van der Waals surface area contributed by atoms with E-state index in [1.807, 2.05) is 0 Å². The van der Waals surface area contributed by atoms with Crippen molar-refractivity contribution in [1.29, 1.82) is 0 Å². The van der Waals surface area contributed by atoms with Crippen LogP contribution in [0.4, 0.5) is 0 Å². The van der Waals surface area contributed by atoms with E-state index < -0.39 is 0 Å². The lowest BCUT2D eigenvalue weighted by molar-refractivity contribution is 0.780. The Kier molecular flexibility index (Phi) is 1.99. The molecule has 0 radical (unpaired) electrons. The summed E-state index contributed by atoms with van der Waals surface area (Å²) in [6.45, 7) is 4.24. The average Bonchev–Trinajstić information content (AvgIpc) is 1.95. The summed E-state index contributed by atoms with van der Waals surface area (Å²) in [6, 6.07) is 1.42. The highest BCUT2D eigenvalue weighted by Gasteiger charge is 1.83. The Bertz CT molecular complexity index is 257. The summed E-state index contributed by atoms with van der Waals surface area (Å²) < 4.78 is 1.77. The molecule has 1 rings (SSSR count). The molecular weight excluding hydrogens is 128 g/mol. The standard InChI is InChI=1S/C7H8N2O/c1-2-4-9-5-3-7(10)8-6-9/h2-3,5-6H,1,4H2. The summed E-state index contributed by atoms with van der Waals surface area (Å²) in [5, 5.41) is 0. The smallest absolute Gasteiger partial charge is 0.272 e. The Morgan fingerprint density at radius 2 is 2.60 bits per heavy atom. The molecule has 10 heavy (non-hydrogen) atoms. The van der Waals surface area contributed by atoms with Gasteiger partial charge >= 0.3 is 0 Å². The third-order valence-electron chi connectivity index (χ3n) is 1.08. The van der Waals surface area contributed by atoms with Crippen LogP contribution in [0.1, 0.15) is 0 Å². The molecule has 0 fully saturated rings. The number of nitrogens with zero attached hydrogens (tertiary/aromatic N) is 2. The maximum Gasteiger partial charge on any atom is 0.272 e. The molecule has 0 aliphatic carbocycles. The van der Waals surface area contributed by atoms with E-state index in [9.17, 15) is 4.79 Å².